The van der Waals surface area contributed by atoms with Crippen molar-refractivity contribution >= 4 is 0 Å². The molecule has 0 aromatic heterocycles. The summed E-state index contributed by atoms with van der Waals surface area (Å²) in [4.78, 5) is 0. The molecular formula is C7H18N2O2. The molecule has 0 aromatic rings. The van der Waals surface area contributed by atoms with Gasteiger partial charge in [-0.3, -0.25) is 5.32 Å². The minimum Gasteiger partial charge on any atom is -0.378 e. The second kappa shape index (κ2) is 9.84. The van der Waals surface area contributed by atoms with Crippen molar-refractivity contribution in [2.45, 2.75) is 0 Å². The molecule has 0 amide bonds. The molecule has 0 bridgehead atoms. The Morgan fingerprint density at radius 3 is 2.27 bits per heavy atom. The van der Waals surface area contributed by atoms with Crippen LogP contribution in [0.3, 0.4) is 0 Å². The number of likely N-dealkylation sites (N-methyl/N-ethyl adjacent to an activating group) is 1. The SMILES string of the molecule is CNCCOCCOCNC. The minimum atomic E-state index is 0.593. The van der Waals surface area contributed by atoms with Crippen LogP contribution in [-0.2, 0) is 9.47 Å². The molecule has 0 heterocycles. The largest absolute Gasteiger partial charge is 0.378 e. The number of ether oxygens (including phenoxy) is 2. The van der Waals surface area contributed by atoms with Gasteiger partial charge >= 0.3 is 0 Å². The Bertz CT molecular complexity index is 63.5. The van der Waals surface area contributed by atoms with Gasteiger partial charge in [0.2, 0.25) is 0 Å². The lowest BCUT2D eigenvalue weighted by molar-refractivity contribution is 0.0440. The molecule has 0 unspecified atom stereocenters. The Morgan fingerprint density at radius 1 is 0.909 bits per heavy atom. The monoisotopic (exact) mass is 162 g/mol. The van der Waals surface area contributed by atoms with Crippen molar-refractivity contribution in [3.05, 3.63) is 0 Å². The Morgan fingerprint density at radius 2 is 1.64 bits per heavy atom. The van der Waals surface area contributed by atoms with E-state index in [4.69, 9.17) is 9.47 Å². The Kier molecular flexibility index (Phi) is 9.70. The quantitative estimate of drug-likeness (QED) is 0.370. The van der Waals surface area contributed by atoms with Crippen LogP contribution in [-0.4, -0.2) is 47.2 Å². The molecular weight excluding hydrogens is 144 g/mol. The van der Waals surface area contributed by atoms with Gasteiger partial charge in [0.05, 0.1) is 26.6 Å². The summed E-state index contributed by atoms with van der Waals surface area (Å²) in [6.07, 6.45) is 0. The summed E-state index contributed by atoms with van der Waals surface area (Å²) < 4.78 is 10.3. The summed E-state index contributed by atoms with van der Waals surface area (Å²) in [6, 6.07) is 0. The zero-order valence-corrected chi connectivity index (χ0v) is 7.35. The van der Waals surface area contributed by atoms with Crippen LogP contribution in [0, 0.1) is 0 Å². The zero-order valence-electron chi connectivity index (χ0n) is 7.35. The van der Waals surface area contributed by atoms with E-state index in [1.807, 2.05) is 14.1 Å². The summed E-state index contributed by atoms with van der Waals surface area (Å²) in [5.41, 5.74) is 0. The molecule has 0 saturated carbocycles. The third-order valence-corrected chi connectivity index (χ3v) is 1.11. The van der Waals surface area contributed by atoms with Crippen LogP contribution in [0.1, 0.15) is 0 Å². The van der Waals surface area contributed by atoms with Gasteiger partial charge in [0.15, 0.2) is 0 Å². The summed E-state index contributed by atoms with van der Waals surface area (Å²) in [5.74, 6) is 0. The van der Waals surface area contributed by atoms with Crippen molar-refractivity contribution < 1.29 is 9.47 Å². The van der Waals surface area contributed by atoms with E-state index in [0.717, 1.165) is 13.2 Å². The van der Waals surface area contributed by atoms with Crippen molar-refractivity contribution in [3.8, 4) is 0 Å². The van der Waals surface area contributed by atoms with Crippen LogP contribution >= 0.6 is 0 Å². The van der Waals surface area contributed by atoms with E-state index in [0.29, 0.717) is 19.9 Å². The molecule has 0 fully saturated rings. The van der Waals surface area contributed by atoms with E-state index in [-0.39, 0.29) is 0 Å². The maximum absolute atomic E-state index is 5.21. The fourth-order valence-electron chi connectivity index (χ4n) is 0.568. The highest BCUT2D eigenvalue weighted by molar-refractivity contribution is 4.35. The van der Waals surface area contributed by atoms with Crippen LogP contribution in [0.25, 0.3) is 0 Å². The fraction of sp³-hybridized carbons (Fsp3) is 1.00. The maximum atomic E-state index is 5.21. The second-order valence-electron chi connectivity index (χ2n) is 2.12. The number of hydrogen-bond donors (Lipinski definition) is 2. The molecule has 11 heavy (non-hydrogen) atoms. The molecule has 0 aliphatic carbocycles. The van der Waals surface area contributed by atoms with E-state index in [1.54, 1.807) is 0 Å². The summed E-state index contributed by atoms with van der Waals surface area (Å²) in [7, 11) is 3.75. The normalized spacial score (nSPS) is 10.4. The molecule has 0 atom stereocenters. The van der Waals surface area contributed by atoms with Crippen LogP contribution in [0.5, 0.6) is 0 Å². The molecule has 0 spiro atoms. The van der Waals surface area contributed by atoms with Crippen LogP contribution in [0.2, 0.25) is 0 Å². The van der Waals surface area contributed by atoms with Gasteiger partial charge in [0.1, 0.15) is 0 Å². The highest BCUT2D eigenvalue weighted by Crippen LogP contribution is 1.75. The number of hydrogen-bond acceptors (Lipinski definition) is 4. The lowest BCUT2D eigenvalue weighted by Crippen LogP contribution is -2.18. The van der Waals surface area contributed by atoms with E-state index in [9.17, 15) is 0 Å². The predicted octanol–water partition coefficient (Wildman–Crippen LogP) is -0.584. The Balaban J connectivity index is 2.69. The van der Waals surface area contributed by atoms with Gasteiger partial charge in [-0.05, 0) is 14.1 Å². The first kappa shape index (κ1) is 10.8. The summed E-state index contributed by atoms with van der Waals surface area (Å²) in [5, 5.41) is 5.87. The fourth-order valence-corrected chi connectivity index (χ4v) is 0.568. The van der Waals surface area contributed by atoms with Crippen molar-refractivity contribution in [1.82, 2.24) is 10.6 Å². The topological polar surface area (TPSA) is 42.5 Å². The molecule has 4 nitrogen and oxygen atoms in total. The first-order valence-electron chi connectivity index (χ1n) is 3.86. The second-order valence-corrected chi connectivity index (χ2v) is 2.12. The van der Waals surface area contributed by atoms with Crippen molar-refractivity contribution in [2.75, 3.05) is 47.2 Å². The van der Waals surface area contributed by atoms with Crippen molar-refractivity contribution in [2.24, 2.45) is 0 Å². The van der Waals surface area contributed by atoms with E-state index in [2.05, 4.69) is 10.6 Å². The third kappa shape index (κ3) is 9.84. The predicted molar refractivity (Wildman–Crippen MR) is 44.6 cm³/mol. The maximum Gasteiger partial charge on any atom is 0.0963 e. The molecule has 68 valence electrons. The number of nitrogens with one attached hydrogen (secondary N) is 2. The molecule has 0 saturated heterocycles. The highest BCUT2D eigenvalue weighted by Gasteiger charge is 1.86. The van der Waals surface area contributed by atoms with Gasteiger partial charge < -0.3 is 14.8 Å². The van der Waals surface area contributed by atoms with Gasteiger partial charge in [-0.1, -0.05) is 0 Å². The van der Waals surface area contributed by atoms with Gasteiger partial charge in [-0.2, -0.15) is 0 Å². The number of rotatable bonds is 8. The minimum absolute atomic E-state index is 0.593. The van der Waals surface area contributed by atoms with Crippen molar-refractivity contribution in [1.29, 1.82) is 0 Å². The Hall–Kier alpha value is -0.160. The molecule has 0 aliphatic heterocycles. The molecule has 0 aromatic carbocycles. The van der Waals surface area contributed by atoms with E-state index in [1.165, 1.54) is 0 Å². The van der Waals surface area contributed by atoms with Crippen LogP contribution in [0.15, 0.2) is 0 Å². The molecule has 0 aliphatic rings. The third-order valence-electron chi connectivity index (χ3n) is 1.11. The van der Waals surface area contributed by atoms with Gasteiger partial charge in [-0.15, -0.1) is 0 Å². The lowest BCUT2D eigenvalue weighted by atomic mass is 10.7. The van der Waals surface area contributed by atoms with E-state index >= 15 is 0 Å². The highest BCUT2D eigenvalue weighted by atomic mass is 16.5. The van der Waals surface area contributed by atoms with Gasteiger partial charge in [0, 0.05) is 6.54 Å². The molecule has 0 rings (SSSR count). The lowest BCUT2D eigenvalue weighted by Gasteiger charge is -2.04. The smallest absolute Gasteiger partial charge is 0.0963 e. The molecule has 2 N–H and O–H groups in total. The van der Waals surface area contributed by atoms with Gasteiger partial charge in [0.25, 0.3) is 0 Å². The molecule has 0 radical (unpaired) electrons. The average molecular weight is 162 g/mol. The summed E-state index contributed by atoms with van der Waals surface area (Å²) >= 11 is 0. The first-order chi connectivity index (χ1) is 5.41. The van der Waals surface area contributed by atoms with Crippen LogP contribution < -0.4 is 10.6 Å². The first-order valence-corrected chi connectivity index (χ1v) is 3.86. The average Bonchev–Trinajstić information content (AvgIpc) is 2.03. The van der Waals surface area contributed by atoms with Crippen molar-refractivity contribution in [3.63, 3.8) is 0 Å². The van der Waals surface area contributed by atoms with Crippen LogP contribution in [0.4, 0.5) is 0 Å². The zero-order chi connectivity index (χ0) is 8.36. The summed E-state index contributed by atoms with van der Waals surface area (Å²) in [6.45, 7) is 3.56. The molecule has 4 heteroatoms. The Labute approximate surface area is 68.3 Å². The van der Waals surface area contributed by atoms with E-state index < -0.39 is 0 Å². The standard InChI is InChI=1S/C7H18N2O2/c1-8-3-4-10-5-6-11-7-9-2/h8-9H,3-7H2,1-2H3. The van der Waals surface area contributed by atoms with Gasteiger partial charge in [-0.25, -0.2) is 0 Å².